The van der Waals surface area contributed by atoms with E-state index in [1.165, 1.54) is 12.0 Å². The Morgan fingerprint density at radius 2 is 1.48 bits per heavy atom. The monoisotopic (exact) mass is 563 g/mol. The molecule has 9 heteroatoms. The maximum absolute atomic E-state index is 14.1. The van der Waals surface area contributed by atoms with E-state index in [9.17, 15) is 18.0 Å². The van der Waals surface area contributed by atoms with Crippen LogP contribution in [0.3, 0.4) is 0 Å². The molecule has 0 radical (unpaired) electrons. The number of ether oxygens (including phenoxy) is 1. The summed E-state index contributed by atoms with van der Waals surface area (Å²) in [6.45, 7) is -0.282. The van der Waals surface area contributed by atoms with Gasteiger partial charge in [0.1, 0.15) is 18.3 Å². The van der Waals surface area contributed by atoms with Gasteiger partial charge in [0.2, 0.25) is 21.8 Å². The van der Waals surface area contributed by atoms with E-state index in [1.807, 2.05) is 60.7 Å². The van der Waals surface area contributed by atoms with E-state index < -0.39 is 28.5 Å². The molecule has 3 aromatic rings. The molecule has 1 aliphatic rings. The number of amides is 2. The van der Waals surface area contributed by atoms with Crippen LogP contribution in [0.15, 0.2) is 84.9 Å². The number of carbonyl (C=O) groups excluding carboxylic acids is 2. The van der Waals surface area contributed by atoms with Gasteiger partial charge in [-0.2, -0.15) is 0 Å². The van der Waals surface area contributed by atoms with Crippen molar-refractivity contribution in [2.24, 2.45) is 0 Å². The number of nitrogens with zero attached hydrogens (tertiary/aromatic N) is 2. The van der Waals surface area contributed by atoms with Crippen molar-refractivity contribution in [1.82, 2.24) is 10.2 Å². The van der Waals surface area contributed by atoms with Crippen molar-refractivity contribution in [3.63, 3.8) is 0 Å². The third-order valence-electron chi connectivity index (χ3n) is 7.21. The van der Waals surface area contributed by atoms with Crippen molar-refractivity contribution in [2.45, 2.75) is 50.7 Å². The predicted molar refractivity (Wildman–Crippen MR) is 157 cm³/mol. The summed E-state index contributed by atoms with van der Waals surface area (Å²) in [4.78, 5) is 29.4. The smallest absolute Gasteiger partial charge is 0.244 e. The van der Waals surface area contributed by atoms with Crippen LogP contribution in [-0.2, 0) is 32.6 Å². The van der Waals surface area contributed by atoms with Gasteiger partial charge in [0.25, 0.3) is 0 Å². The van der Waals surface area contributed by atoms with Gasteiger partial charge < -0.3 is 15.0 Å². The zero-order valence-electron chi connectivity index (χ0n) is 23.0. The minimum absolute atomic E-state index is 0.0752. The molecular formula is C31H37N3O5S. The number of hydrogen-bond acceptors (Lipinski definition) is 5. The van der Waals surface area contributed by atoms with Gasteiger partial charge in [-0.3, -0.25) is 13.9 Å². The van der Waals surface area contributed by atoms with Crippen LogP contribution in [0, 0.1) is 0 Å². The minimum Gasteiger partial charge on any atom is -0.497 e. The molecule has 0 heterocycles. The van der Waals surface area contributed by atoms with Gasteiger partial charge in [-0.15, -0.1) is 0 Å². The highest BCUT2D eigenvalue weighted by Gasteiger charge is 2.34. The first-order valence-corrected chi connectivity index (χ1v) is 15.4. The van der Waals surface area contributed by atoms with Crippen LogP contribution in [0.5, 0.6) is 5.75 Å². The number of hydrogen-bond donors (Lipinski definition) is 1. The summed E-state index contributed by atoms with van der Waals surface area (Å²) in [5.41, 5.74) is 2.10. The van der Waals surface area contributed by atoms with Gasteiger partial charge in [-0.25, -0.2) is 8.42 Å². The second-order valence-electron chi connectivity index (χ2n) is 10.2. The summed E-state index contributed by atoms with van der Waals surface area (Å²) in [6, 6.07) is 24.7. The molecule has 0 aliphatic heterocycles. The maximum atomic E-state index is 14.1. The average molecular weight is 564 g/mol. The first kappa shape index (κ1) is 29.1. The van der Waals surface area contributed by atoms with Crippen LogP contribution in [0.1, 0.15) is 36.8 Å². The molecule has 1 fully saturated rings. The van der Waals surface area contributed by atoms with E-state index in [2.05, 4.69) is 5.32 Å². The maximum Gasteiger partial charge on any atom is 0.244 e. The predicted octanol–water partition coefficient (Wildman–Crippen LogP) is 4.16. The Morgan fingerprint density at radius 3 is 2.02 bits per heavy atom. The zero-order valence-corrected chi connectivity index (χ0v) is 23.8. The highest BCUT2D eigenvalue weighted by atomic mass is 32.2. The Bertz CT molecular complexity index is 1360. The Kier molecular flexibility index (Phi) is 9.82. The van der Waals surface area contributed by atoms with Crippen LogP contribution in [-0.4, -0.2) is 57.1 Å². The second-order valence-corrected chi connectivity index (χ2v) is 12.1. The number of carbonyl (C=O) groups is 2. The first-order chi connectivity index (χ1) is 19.2. The van der Waals surface area contributed by atoms with Crippen molar-refractivity contribution in [3.05, 3.63) is 96.1 Å². The molecule has 40 heavy (non-hydrogen) atoms. The number of benzene rings is 3. The van der Waals surface area contributed by atoms with Gasteiger partial charge in [0.05, 0.1) is 19.1 Å². The van der Waals surface area contributed by atoms with E-state index >= 15 is 0 Å². The lowest BCUT2D eigenvalue weighted by Crippen LogP contribution is -2.54. The lowest BCUT2D eigenvalue weighted by atomic mass is 10.0. The third-order valence-corrected chi connectivity index (χ3v) is 8.35. The Labute approximate surface area is 237 Å². The highest BCUT2D eigenvalue weighted by Crippen LogP contribution is 2.24. The summed E-state index contributed by atoms with van der Waals surface area (Å²) in [5.74, 6) is -0.122. The molecule has 1 N–H and O–H groups in total. The fourth-order valence-electron chi connectivity index (χ4n) is 5.06. The molecule has 212 valence electrons. The Hall–Kier alpha value is -3.85. The van der Waals surface area contributed by atoms with Crippen LogP contribution in [0.25, 0.3) is 0 Å². The van der Waals surface area contributed by atoms with Crippen LogP contribution < -0.4 is 14.4 Å². The molecule has 0 saturated heterocycles. The normalized spacial score (nSPS) is 14.3. The number of nitrogens with one attached hydrogen (secondary N) is 1. The van der Waals surface area contributed by atoms with E-state index in [0.717, 1.165) is 47.4 Å². The van der Waals surface area contributed by atoms with Gasteiger partial charge in [0.15, 0.2) is 0 Å². The number of rotatable bonds is 12. The third kappa shape index (κ3) is 7.85. The van der Waals surface area contributed by atoms with E-state index in [1.54, 1.807) is 24.3 Å². The van der Waals surface area contributed by atoms with Crippen molar-refractivity contribution in [1.29, 1.82) is 0 Å². The van der Waals surface area contributed by atoms with Crippen molar-refractivity contribution < 1.29 is 22.7 Å². The van der Waals surface area contributed by atoms with Crippen molar-refractivity contribution in [3.8, 4) is 5.75 Å². The molecule has 1 atom stereocenters. The first-order valence-electron chi connectivity index (χ1n) is 13.5. The summed E-state index contributed by atoms with van der Waals surface area (Å²) < 4.78 is 32.0. The fraction of sp³-hybridized carbons (Fsp3) is 0.355. The summed E-state index contributed by atoms with van der Waals surface area (Å²) in [6.07, 6.45) is 5.32. The highest BCUT2D eigenvalue weighted by molar-refractivity contribution is 7.92. The molecule has 1 unspecified atom stereocenters. The molecule has 2 amide bonds. The molecule has 0 spiro atoms. The largest absolute Gasteiger partial charge is 0.497 e. The van der Waals surface area contributed by atoms with Gasteiger partial charge in [-0.1, -0.05) is 73.5 Å². The number of methoxy groups -OCH3 is 1. The molecule has 8 nitrogen and oxygen atoms in total. The fourth-order valence-corrected chi connectivity index (χ4v) is 5.91. The van der Waals surface area contributed by atoms with Crippen LogP contribution in [0.2, 0.25) is 0 Å². The number of sulfonamides is 1. The Balaban J connectivity index is 1.69. The molecule has 0 aromatic heterocycles. The number of anilines is 1. The lowest BCUT2D eigenvalue weighted by Gasteiger charge is -2.34. The van der Waals surface area contributed by atoms with E-state index in [4.69, 9.17) is 4.74 Å². The summed E-state index contributed by atoms with van der Waals surface area (Å²) in [5, 5.41) is 3.17. The molecule has 1 aliphatic carbocycles. The van der Waals surface area contributed by atoms with Crippen LogP contribution in [0.4, 0.5) is 5.69 Å². The molecule has 1 saturated carbocycles. The summed E-state index contributed by atoms with van der Waals surface area (Å²) in [7, 11) is -2.29. The summed E-state index contributed by atoms with van der Waals surface area (Å²) >= 11 is 0. The molecule has 4 rings (SSSR count). The van der Waals surface area contributed by atoms with Gasteiger partial charge in [-0.05, 0) is 48.2 Å². The SMILES string of the molecule is COc1ccc(N(CC(=O)N(Cc2ccccc2)C(Cc2ccccc2)C(=O)NC2CCCC2)S(C)(=O)=O)cc1. The molecule has 0 bridgehead atoms. The standard InChI is InChI=1S/C31H37N3O5S/c1-39-28-19-17-27(18-20-28)34(40(2,37)38)23-30(35)33(22-25-13-7-4-8-14-25)29(21-24-11-5-3-6-12-24)31(36)32-26-15-9-10-16-26/h3-8,11-14,17-20,26,29H,9-10,15-16,21-23H2,1-2H3,(H,32,36). The van der Waals surface area contributed by atoms with Gasteiger partial charge in [0, 0.05) is 19.0 Å². The topological polar surface area (TPSA) is 96.0 Å². The average Bonchev–Trinajstić information content (AvgIpc) is 3.47. The lowest BCUT2D eigenvalue weighted by molar-refractivity contribution is -0.140. The van der Waals surface area contributed by atoms with Crippen LogP contribution >= 0.6 is 0 Å². The van der Waals surface area contributed by atoms with E-state index in [0.29, 0.717) is 17.9 Å². The molecule has 3 aromatic carbocycles. The second kappa shape index (κ2) is 13.5. The minimum atomic E-state index is -3.82. The van der Waals surface area contributed by atoms with Crippen molar-refractivity contribution >= 4 is 27.5 Å². The van der Waals surface area contributed by atoms with Crippen molar-refractivity contribution in [2.75, 3.05) is 24.2 Å². The zero-order chi connectivity index (χ0) is 28.5. The van der Waals surface area contributed by atoms with Gasteiger partial charge >= 0.3 is 0 Å². The molecular weight excluding hydrogens is 526 g/mol. The Morgan fingerprint density at radius 1 is 0.900 bits per heavy atom. The quantitative estimate of drug-likeness (QED) is 0.357. The van der Waals surface area contributed by atoms with E-state index in [-0.39, 0.29) is 18.5 Å².